The Morgan fingerprint density at radius 3 is 2.78 bits per heavy atom. The summed E-state index contributed by atoms with van der Waals surface area (Å²) in [5.41, 5.74) is 1.91. The van der Waals surface area contributed by atoms with Crippen molar-refractivity contribution in [3.8, 4) is 5.75 Å². The van der Waals surface area contributed by atoms with Gasteiger partial charge in [0.05, 0.1) is 19.2 Å². The molecule has 7 nitrogen and oxygen atoms in total. The lowest BCUT2D eigenvalue weighted by Crippen LogP contribution is -2.39. The molecule has 7 heteroatoms. The molecule has 1 aliphatic heterocycles. The predicted molar refractivity (Wildman–Crippen MR) is 99.7 cm³/mol. The van der Waals surface area contributed by atoms with Crippen molar-refractivity contribution in [3.63, 3.8) is 0 Å². The van der Waals surface area contributed by atoms with Crippen LogP contribution >= 0.6 is 0 Å². The molecule has 1 aliphatic rings. The monoisotopic (exact) mass is 369 g/mol. The number of methoxy groups -OCH3 is 1. The quantitative estimate of drug-likeness (QED) is 0.814. The third kappa shape index (κ3) is 4.43. The summed E-state index contributed by atoms with van der Waals surface area (Å²) in [7, 11) is 1.58. The summed E-state index contributed by atoms with van der Waals surface area (Å²) >= 11 is 0. The van der Waals surface area contributed by atoms with Crippen LogP contribution < -0.4 is 10.1 Å². The van der Waals surface area contributed by atoms with Crippen LogP contribution in [0.25, 0.3) is 0 Å². The van der Waals surface area contributed by atoms with Gasteiger partial charge in [-0.3, -0.25) is 14.6 Å². The van der Waals surface area contributed by atoms with E-state index in [1.54, 1.807) is 54.7 Å². The third-order valence-corrected chi connectivity index (χ3v) is 4.46. The van der Waals surface area contributed by atoms with Crippen LogP contribution in [0.1, 0.15) is 33.2 Å². The fourth-order valence-electron chi connectivity index (χ4n) is 2.93. The fraction of sp³-hybridized carbons (Fsp3) is 0.350. The molecule has 2 aromatic rings. The average molecular weight is 369 g/mol. The maximum absolute atomic E-state index is 12.9. The first-order valence-electron chi connectivity index (χ1n) is 8.84. The highest BCUT2D eigenvalue weighted by Gasteiger charge is 2.27. The summed E-state index contributed by atoms with van der Waals surface area (Å²) in [6, 6.07) is 8.59. The number of rotatable bonds is 5. The first-order chi connectivity index (χ1) is 13.1. The second-order valence-electron chi connectivity index (χ2n) is 6.40. The zero-order valence-corrected chi connectivity index (χ0v) is 15.5. The third-order valence-electron chi connectivity index (χ3n) is 4.46. The minimum absolute atomic E-state index is 0.0868. The molecule has 0 unspecified atom stereocenters. The molecule has 3 rings (SSSR count). The van der Waals surface area contributed by atoms with Crippen molar-refractivity contribution >= 4 is 11.8 Å². The van der Waals surface area contributed by atoms with E-state index in [-0.39, 0.29) is 17.9 Å². The van der Waals surface area contributed by atoms with Crippen molar-refractivity contribution in [3.05, 3.63) is 59.4 Å². The number of nitrogens with one attached hydrogen (secondary N) is 1. The smallest absolute Gasteiger partial charge is 0.254 e. The molecule has 0 aliphatic carbocycles. The van der Waals surface area contributed by atoms with E-state index in [4.69, 9.17) is 9.47 Å². The number of amides is 2. The topological polar surface area (TPSA) is 80.8 Å². The molecule has 2 heterocycles. The largest absolute Gasteiger partial charge is 0.491 e. The Bertz CT molecular complexity index is 810. The maximum Gasteiger partial charge on any atom is 0.254 e. The Hall–Kier alpha value is -2.93. The van der Waals surface area contributed by atoms with Gasteiger partial charge in [0.1, 0.15) is 12.4 Å². The Balaban J connectivity index is 1.82. The van der Waals surface area contributed by atoms with Gasteiger partial charge in [-0.1, -0.05) is 0 Å². The molecule has 1 aromatic carbocycles. The van der Waals surface area contributed by atoms with E-state index in [1.807, 2.05) is 6.92 Å². The van der Waals surface area contributed by atoms with Gasteiger partial charge < -0.3 is 19.7 Å². The van der Waals surface area contributed by atoms with Gasteiger partial charge >= 0.3 is 0 Å². The Morgan fingerprint density at radius 1 is 1.26 bits per heavy atom. The molecule has 0 radical (unpaired) electrons. The lowest BCUT2D eigenvalue weighted by atomic mass is 10.1. The molecule has 1 N–H and O–H groups in total. The SMILES string of the molecule is COCCNC(=O)c1ccc2c(c1)CN(C(=O)c1ccncc1)[C@@H](C)CO2. The number of carbonyl (C=O) groups is 2. The minimum Gasteiger partial charge on any atom is -0.491 e. The lowest BCUT2D eigenvalue weighted by molar-refractivity contribution is 0.0645. The van der Waals surface area contributed by atoms with E-state index < -0.39 is 0 Å². The molecule has 0 saturated heterocycles. The number of benzene rings is 1. The number of nitrogens with zero attached hydrogens (tertiary/aromatic N) is 2. The van der Waals surface area contributed by atoms with Crippen LogP contribution in [0.2, 0.25) is 0 Å². The van der Waals surface area contributed by atoms with Gasteiger partial charge in [-0.25, -0.2) is 0 Å². The highest BCUT2D eigenvalue weighted by atomic mass is 16.5. The van der Waals surface area contributed by atoms with Crippen LogP contribution in [0.3, 0.4) is 0 Å². The van der Waals surface area contributed by atoms with Crippen LogP contribution in [0.4, 0.5) is 0 Å². The summed E-state index contributed by atoms with van der Waals surface area (Å²) in [4.78, 5) is 30.9. The summed E-state index contributed by atoms with van der Waals surface area (Å²) in [6.45, 7) is 3.60. The summed E-state index contributed by atoms with van der Waals surface area (Å²) in [6.07, 6.45) is 3.20. The van der Waals surface area contributed by atoms with Crippen LogP contribution in [-0.2, 0) is 11.3 Å². The van der Waals surface area contributed by atoms with E-state index in [9.17, 15) is 9.59 Å². The van der Waals surface area contributed by atoms with Crippen molar-refractivity contribution in [2.24, 2.45) is 0 Å². The molecule has 0 bridgehead atoms. The van der Waals surface area contributed by atoms with Gasteiger partial charge in [0.25, 0.3) is 11.8 Å². The van der Waals surface area contributed by atoms with Gasteiger partial charge in [-0.15, -0.1) is 0 Å². The summed E-state index contributed by atoms with van der Waals surface area (Å²) in [5.74, 6) is 0.427. The second kappa shape index (κ2) is 8.64. The molecule has 0 spiro atoms. The molecule has 0 fully saturated rings. The molecule has 27 heavy (non-hydrogen) atoms. The van der Waals surface area contributed by atoms with E-state index in [2.05, 4.69) is 10.3 Å². The zero-order valence-electron chi connectivity index (χ0n) is 15.5. The van der Waals surface area contributed by atoms with Crippen LogP contribution in [0.5, 0.6) is 5.75 Å². The molecular weight excluding hydrogens is 346 g/mol. The zero-order chi connectivity index (χ0) is 19.2. The number of ether oxygens (including phenoxy) is 2. The van der Waals surface area contributed by atoms with E-state index in [0.29, 0.717) is 43.2 Å². The van der Waals surface area contributed by atoms with Gasteiger partial charge in [-0.05, 0) is 37.3 Å². The number of hydrogen-bond acceptors (Lipinski definition) is 5. The van der Waals surface area contributed by atoms with Crippen LogP contribution in [-0.4, -0.2) is 54.6 Å². The molecule has 2 amide bonds. The van der Waals surface area contributed by atoms with Crippen LogP contribution in [0.15, 0.2) is 42.7 Å². The highest BCUT2D eigenvalue weighted by molar-refractivity contribution is 5.95. The average Bonchev–Trinajstić information content (AvgIpc) is 2.86. The molecular formula is C20H23N3O4. The second-order valence-corrected chi connectivity index (χ2v) is 6.40. The van der Waals surface area contributed by atoms with E-state index in [0.717, 1.165) is 5.56 Å². The molecule has 142 valence electrons. The van der Waals surface area contributed by atoms with Gasteiger partial charge in [0, 0.05) is 42.7 Å². The van der Waals surface area contributed by atoms with Gasteiger partial charge in [0.2, 0.25) is 0 Å². The fourth-order valence-corrected chi connectivity index (χ4v) is 2.93. The molecule has 1 atom stereocenters. The van der Waals surface area contributed by atoms with Gasteiger partial charge in [0.15, 0.2) is 0 Å². The minimum atomic E-state index is -0.181. The van der Waals surface area contributed by atoms with E-state index in [1.165, 1.54) is 0 Å². The van der Waals surface area contributed by atoms with Crippen molar-refractivity contribution in [2.45, 2.75) is 19.5 Å². The van der Waals surface area contributed by atoms with Crippen molar-refractivity contribution in [2.75, 3.05) is 26.9 Å². The van der Waals surface area contributed by atoms with Gasteiger partial charge in [-0.2, -0.15) is 0 Å². The van der Waals surface area contributed by atoms with Crippen LogP contribution in [0, 0.1) is 0 Å². The Morgan fingerprint density at radius 2 is 2.04 bits per heavy atom. The van der Waals surface area contributed by atoms with Crippen molar-refractivity contribution < 1.29 is 19.1 Å². The number of carbonyl (C=O) groups excluding carboxylic acids is 2. The van der Waals surface area contributed by atoms with Crippen molar-refractivity contribution in [1.82, 2.24) is 15.2 Å². The lowest BCUT2D eigenvalue weighted by Gasteiger charge is -2.26. The number of aromatic nitrogens is 1. The Labute approximate surface area is 158 Å². The number of hydrogen-bond donors (Lipinski definition) is 1. The summed E-state index contributed by atoms with van der Waals surface area (Å²) < 4.78 is 10.8. The van der Waals surface area contributed by atoms with Crippen molar-refractivity contribution in [1.29, 1.82) is 0 Å². The van der Waals surface area contributed by atoms with E-state index >= 15 is 0 Å². The normalized spacial score (nSPS) is 16.1. The molecule has 1 aromatic heterocycles. The summed E-state index contributed by atoms with van der Waals surface area (Å²) in [5, 5.41) is 2.80. The first kappa shape index (κ1) is 18.8. The first-order valence-corrected chi connectivity index (χ1v) is 8.84. The predicted octanol–water partition coefficient (Wildman–Crippen LogP) is 1.88. The number of fused-ring (bicyclic) bond motifs is 1. The number of pyridine rings is 1. The molecule has 0 saturated carbocycles. The Kier molecular flexibility index (Phi) is 6.03. The highest BCUT2D eigenvalue weighted by Crippen LogP contribution is 2.27. The standard InChI is InChI=1S/C20H23N3O4/c1-14-13-27-18-4-3-16(19(24)22-9-10-26-2)11-17(18)12-23(14)20(25)15-5-7-21-8-6-15/h3-8,11,14H,9-10,12-13H2,1-2H3,(H,22,24)/t14-/m0/s1. The maximum atomic E-state index is 12.9.